The third kappa shape index (κ3) is 4.29. The van der Waals surface area contributed by atoms with Gasteiger partial charge in [-0.25, -0.2) is 0 Å². The maximum Gasteiger partial charge on any atom is 0.300 e. The highest BCUT2D eigenvalue weighted by atomic mass is 16.5. The number of anilines is 1. The third-order valence-corrected chi connectivity index (χ3v) is 5.59. The monoisotopic (exact) mass is 461 g/mol. The Morgan fingerprint density at radius 1 is 1.06 bits per heavy atom. The van der Waals surface area contributed by atoms with Crippen molar-refractivity contribution in [3.05, 3.63) is 83.3 Å². The lowest BCUT2D eigenvalue weighted by Crippen LogP contribution is -2.29. The summed E-state index contributed by atoms with van der Waals surface area (Å²) in [6.45, 7) is 6.86. The van der Waals surface area contributed by atoms with E-state index in [0.29, 0.717) is 41.7 Å². The second-order valence-corrected chi connectivity index (χ2v) is 7.94. The molecular formula is C27H27NO6. The van der Waals surface area contributed by atoms with Crippen molar-refractivity contribution >= 4 is 23.1 Å². The van der Waals surface area contributed by atoms with Gasteiger partial charge in [0.05, 0.1) is 25.1 Å². The van der Waals surface area contributed by atoms with Gasteiger partial charge in [-0.05, 0) is 80.4 Å². The first kappa shape index (κ1) is 23.2. The number of Topliss-reactive ketones (excluding diaryl/α,β-unsaturated/α-hetero) is 1. The van der Waals surface area contributed by atoms with Crippen LogP contribution in [0.15, 0.2) is 70.9 Å². The Labute approximate surface area is 198 Å². The lowest BCUT2D eigenvalue weighted by Gasteiger charge is -2.23. The summed E-state index contributed by atoms with van der Waals surface area (Å²) in [5.41, 5.74) is 1.69. The zero-order valence-corrected chi connectivity index (χ0v) is 19.4. The minimum Gasteiger partial charge on any atom is -0.507 e. The van der Waals surface area contributed by atoms with E-state index in [-0.39, 0.29) is 11.3 Å². The van der Waals surface area contributed by atoms with E-state index in [1.54, 1.807) is 54.6 Å². The second-order valence-electron chi connectivity index (χ2n) is 7.94. The Morgan fingerprint density at radius 3 is 2.44 bits per heavy atom. The average Bonchev–Trinajstić information content (AvgIpc) is 3.46. The molecule has 2 heterocycles. The molecule has 1 fully saturated rings. The van der Waals surface area contributed by atoms with Crippen LogP contribution in [0.1, 0.15) is 43.2 Å². The van der Waals surface area contributed by atoms with Crippen LogP contribution in [0.25, 0.3) is 5.76 Å². The number of nitrogens with zero attached hydrogens (tertiary/aromatic N) is 1. The Bertz CT molecular complexity index is 1210. The number of furan rings is 1. The van der Waals surface area contributed by atoms with Gasteiger partial charge in [-0.2, -0.15) is 0 Å². The first-order chi connectivity index (χ1) is 16.5. The van der Waals surface area contributed by atoms with Gasteiger partial charge in [0.1, 0.15) is 29.1 Å². The molecule has 1 amide bonds. The number of amides is 1. The summed E-state index contributed by atoms with van der Waals surface area (Å²) < 4.78 is 16.8. The van der Waals surface area contributed by atoms with Crippen molar-refractivity contribution in [1.29, 1.82) is 0 Å². The molecule has 1 aliphatic heterocycles. The molecule has 1 atom stereocenters. The number of aryl methyl sites for hydroxylation is 1. The van der Waals surface area contributed by atoms with Crippen molar-refractivity contribution in [3.63, 3.8) is 0 Å². The summed E-state index contributed by atoms with van der Waals surface area (Å²) in [4.78, 5) is 27.7. The van der Waals surface area contributed by atoms with Crippen LogP contribution in [0.4, 0.5) is 5.69 Å². The number of benzene rings is 2. The highest BCUT2D eigenvalue weighted by molar-refractivity contribution is 6.51. The smallest absolute Gasteiger partial charge is 0.300 e. The predicted octanol–water partition coefficient (Wildman–Crippen LogP) is 5.40. The molecule has 7 nitrogen and oxygen atoms in total. The Morgan fingerprint density at radius 2 is 1.82 bits per heavy atom. The van der Waals surface area contributed by atoms with Crippen molar-refractivity contribution in [2.75, 3.05) is 18.1 Å². The lowest BCUT2D eigenvalue weighted by molar-refractivity contribution is -0.132. The summed E-state index contributed by atoms with van der Waals surface area (Å²) in [6, 6.07) is 14.5. The fourth-order valence-electron chi connectivity index (χ4n) is 4.01. The minimum absolute atomic E-state index is 0.0320. The molecule has 0 spiro atoms. The quantitative estimate of drug-likeness (QED) is 0.274. The van der Waals surface area contributed by atoms with Gasteiger partial charge in [0.15, 0.2) is 0 Å². The molecule has 3 aromatic rings. The molecule has 0 aliphatic carbocycles. The Kier molecular flexibility index (Phi) is 6.72. The van der Waals surface area contributed by atoms with Crippen LogP contribution in [0.3, 0.4) is 0 Å². The maximum absolute atomic E-state index is 13.2. The molecule has 7 heteroatoms. The van der Waals surface area contributed by atoms with Gasteiger partial charge in [-0.3, -0.25) is 14.5 Å². The van der Waals surface area contributed by atoms with E-state index in [4.69, 9.17) is 13.9 Å². The number of hydrogen-bond donors (Lipinski definition) is 1. The number of carbonyl (C=O) groups excluding carboxylic acids is 2. The molecule has 1 N–H and O–H groups in total. The van der Waals surface area contributed by atoms with Crippen molar-refractivity contribution in [3.8, 4) is 11.5 Å². The SMILES string of the molecule is CCCOc1ccc(/C(O)=C2/C(=O)C(=O)N(c3ccc(OCC)cc3)C2c2ccco2)cc1C. The van der Waals surface area contributed by atoms with Crippen molar-refractivity contribution in [1.82, 2.24) is 0 Å². The number of ether oxygens (including phenoxy) is 2. The van der Waals surface area contributed by atoms with E-state index < -0.39 is 17.7 Å². The van der Waals surface area contributed by atoms with E-state index >= 15 is 0 Å². The summed E-state index contributed by atoms with van der Waals surface area (Å²) in [5.74, 6) is -0.0647. The van der Waals surface area contributed by atoms with Crippen LogP contribution in [0, 0.1) is 6.92 Å². The average molecular weight is 462 g/mol. The largest absolute Gasteiger partial charge is 0.507 e. The van der Waals surface area contributed by atoms with Gasteiger partial charge in [0.25, 0.3) is 11.7 Å². The molecule has 2 aromatic carbocycles. The lowest BCUT2D eigenvalue weighted by atomic mass is 9.98. The molecular weight excluding hydrogens is 434 g/mol. The normalized spacial score (nSPS) is 17.3. The molecule has 176 valence electrons. The molecule has 1 aromatic heterocycles. The number of ketones is 1. The van der Waals surface area contributed by atoms with Gasteiger partial charge in [0, 0.05) is 11.3 Å². The standard InChI is InChI=1S/C27H27NO6/c1-4-14-33-21-13-8-18(16-17(21)3)25(29)23-24(22-7-6-15-34-22)28(27(31)26(23)30)19-9-11-20(12-10-19)32-5-2/h6-13,15-16,24,29H,4-5,14H2,1-3H3/b25-23-. The van der Waals surface area contributed by atoms with Crippen molar-refractivity contribution < 1.29 is 28.6 Å². The molecule has 34 heavy (non-hydrogen) atoms. The Balaban J connectivity index is 1.80. The van der Waals surface area contributed by atoms with Gasteiger partial charge >= 0.3 is 0 Å². The number of aliphatic hydroxyl groups is 1. The van der Waals surface area contributed by atoms with E-state index in [0.717, 1.165) is 12.0 Å². The van der Waals surface area contributed by atoms with E-state index in [2.05, 4.69) is 0 Å². The van der Waals surface area contributed by atoms with Gasteiger partial charge < -0.3 is 19.0 Å². The van der Waals surface area contributed by atoms with Crippen molar-refractivity contribution in [2.45, 2.75) is 33.2 Å². The molecule has 1 unspecified atom stereocenters. The first-order valence-corrected chi connectivity index (χ1v) is 11.3. The van der Waals surface area contributed by atoms with Crippen LogP contribution < -0.4 is 14.4 Å². The number of carbonyl (C=O) groups is 2. The van der Waals surface area contributed by atoms with Crippen LogP contribution in [-0.2, 0) is 9.59 Å². The second kappa shape index (κ2) is 9.87. The zero-order valence-electron chi connectivity index (χ0n) is 19.4. The third-order valence-electron chi connectivity index (χ3n) is 5.59. The van der Waals surface area contributed by atoms with Gasteiger partial charge in [-0.15, -0.1) is 0 Å². The minimum atomic E-state index is -0.913. The fraction of sp³-hybridized carbons (Fsp3) is 0.259. The van der Waals surface area contributed by atoms with E-state index in [9.17, 15) is 14.7 Å². The maximum atomic E-state index is 13.2. The van der Waals surface area contributed by atoms with Crippen LogP contribution in [-0.4, -0.2) is 30.0 Å². The van der Waals surface area contributed by atoms with Crippen LogP contribution in [0.2, 0.25) is 0 Å². The highest BCUT2D eigenvalue weighted by Gasteiger charge is 2.48. The zero-order chi connectivity index (χ0) is 24.2. The highest BCUT2D eigenvalue weighted by Crippen LogP contribution is 2.42. The Hall–Kier alpha value is -4.00. The van der Waals surface area contributed by atoms with Crippen LogP contribution in [0.5, 0.6) is 11.5 Å². The van der Waals surface area contributed by atoms with Crippen LogP contribution >= 0.6 is 0 Å². The summed E-state index contributed by atoms with van der Waals surface area (Å²) in [7, 11) is 0. The number of hydrogen-bond acceptors (Lipinski definition) is 6. The first-order valence-electron chi connectivity index (χ1n) is 11.3. The van der Waals surface area contributed by atoms with Gasteiger partial charge in [-0.1, -0.05) is 6.92 Å². The fourth-order valence-corrected chi connectivity index (χ4v) is 4.01. The van der Waals surface area contributed by atoms with E-state index in [1.807, 2.05) is 20.8 Å². The molecule has 0 saturated carbocycles. The topological polar surface area (TPSA) is 89.2 Å². The molecule has 1 aliphatic rings. The molecule has 1 saturated heterocycles. The summed E-state index contributed by atoms with van der Waals surface area (Å²) in [6.07, 6.45) is 2.34. The van der Waals surface area contributed by atoms with Gasteiger partial charge in [0.2, 0.25) is 0 Å². The summed E-state index contributed by atoms with van der Waals surface area (Å²) in [5, 5.41) is 11.2. The number of aliphatic hydroxyl groups excluding tert-OH is 1. The predicted molar refractivity (Wildman–Crippen MR) is 128 cm³/mol. The molecule has 0 radical (unpaired) electrons. The number of rotatable bonds is 8. The molecule has 4 rings (SSSR count). The van der Waals surface area contributed by atoms with E-state index in [1.165, 1.54) is 11.2 Å². The van der Waals surface area contributed by atoms with Crippen molar-refractivity contribution in [2.24, 2.45) is 0 Å². The summed E-state index contributed by atoms with van der Waals surface area (Å²) >= 11 is 0. The molecule has 0 bridgehead atoms.